The van der Waals surface area contributed by atoms with Gasteiger partial charge in [-0.2, -0.15) is 0 Å². The van der Waals surface area contributed by atoms with Crippen LogP contribution >= 0.6 is 11.8 Å². The Labute approximate surface area is 130 Å². The van der Waals surface area contributed by atoms with Crippen LogP contribution in [0.3, 0.4) is 0 Å². The minimum absolute atomic E-state index is 0.0273. The van der Waals surface area contributed by atoms with Crippen molar-refractivity contribution in [3.8, 4) is 0 Å². The number of nitrogens with zero attached hydrogens (tertiary/aromatic N) is 2. The molecule has 0 aromatic heterocycles. The van der Waals surface area contributed by atoms with E-state index in [1.54, 1.807) is 11.8 Å². The van der Waals surface area contributed by atoms with Gasteiger partial charge in [0.2, 0.25) is 5.91 Å². The molecule has 0 bridgehead atoms. The van der Waals surface area contributed by atoms with Crippen molar-refractivity contribution >= 4 is 23.4 Å². The van der Waals surface area contributed by atoms with Crippen molar-refractivity contribution in [3.05, 3.63) is 24.3 Å². The van der Waals surface area contributed by atoms with Gasteiger partial charge in [0.1, 0.15) is 0 Å². The fourth-order valence-corrected chi connectivity index (χ4v) is 3.16. The van der Waals surface area contributed by atoms with E-state index >= 15 is 0 Å². The molecule has 6 heteroatoms. The minimum Gasteiger partial charge on any atom is -0.329 e. The molecule has 0 spiro atoms. The summed E-state index contributed by atoms with van der Waals surface area (Å²) in [5.74, 6) is 0.0273. The lowest BCUT2D eigenvalue weighted by molar-refractivity contribution is -0.118. The zero-order valence-electron chi connectivity index (χ0n) is 12.7. The van der Waals surface area contributed by atoms with Gasteiger partial charge in [-0.1, -0.05) is 12.1 Å². The Morgan fingerprint density at radius 3 is 2.90 bits per heavy atom. The predicted molar refractivity (Wildman–Crippen MR) is 88.8 cm³/mol. The number of benzene rings is 1. The SMILES string of the molecule is CSc1ccccc1NC(=O)CN1CCN(C)CC1CN. The quantitative estimate of drug-likeness (QED) is 0.792. The van der Waals surface area contributed by atoms with Crippen molar-refractivity contribution in [2.45, 2.75) is 10.9 Å². The highest BCUT2D eigenvalue weighted by Crippen LogP contribution is 2.24. The first-order valence-electron chi connectivity index (χ1n) is 7.19. The summed E-state index contributed by atoms with van der Waals surface area (Å²) < 4.78 is 0. The summed E-state index contributed by atoms with van der Waals surface area (Å²) in [6, 6.07) is 8.12. The van der Waals surface area contributed by atoms with E-state index < -0.39 is 0 Å². The molecule has 21 heavy (non-hydrogen) atoms. The Morgan fingerprint density at radius 2 is 2.19 bits per heavy atom. The Bertz CT molecular complexity index is 482. The van der Waals surface area contributed by atoms with Gasteiger partial charge in [-0.05, 0) is 25.4 Å². The molecular weight excluding hydrogens is 284 g/mol. The third kappa shape index (κ3) is 4.44. The number of hydrogen-bond acceptors (Lipinski definition) is 5. The van der Waals surface area contributed by atoms with Gasteiger partial charge in [-0.15, -0.1) is 11.8 Å². The maximum Gasteiger partial charge on any atom is 0.238 e. The fourth-order valence-electron chi connectivity index (χ4n) is 2.60. The van der Waals surface area contributed by atoms with E-state index in [1.807, 2.05) is 30.5 Å². The highest BCUT2D eigenvalue weighted by Gasteiger charge is 2.25. The molecule has 1 amide bonds. The molecule has 1 saturated heterocycles. The van der Waals surface area contributed by atoms with Crippen LogP contribution in [-0.2, 0) is 4.79 Å². The number of carbonyl (C=O) groups is 1. The van der Waals surface area contributed by atoms with Crippen molar-refractivity contribution in [1.82, 2.24) is 9.80 Å². The molecule has 3 N–H and O–H groups in total. The molecule has 1 atom stereocenters. The summed E-state index contributed by atoms with van der Waals surface area (Å²) in [6.45, 7) is 3.77. The van der Waals surface area contributed by atoms with Crippen LogP contribution in [0.5, 0.6) is 0 Å². The summed E-state index contributed by atoms with van der Waals surface area (Å²) >= 11 is 1.63. The maximum absolute atomic E-state index is 12.3. The average Bonchev–Trinajstić information content (AvgIpc) is 2.49. The maximum atomic E-state index is 12.3. The monoisotopic (exact) mass is 308 g/mol. The highest BCUT2D eigenvalue weighted by molar-refractivity contribution is 7.98. The number of piperazine rings is 1. The largest absolute Gasteiger partial charge is 0.329 e. The van der Waals surface area contributed by atoms with E-state index in [1.165, 1.54) is 0 Å². The Morgan fingerprint density at radius 1 is 1.43 bits per heavy atom. The van der Waals surface area contributed by atoms with Crippen molar-refractivity contribution in [2.75, 3.05) is 51.3 Å². The number of thioether (sulfide) groups is 1. The molecule has 1 aliphatic heterocycles. The first-order chi connectivity index (χ1) is 10.1. The Hall–Kier alpha value is -1.08. The first-order valence-corrected chi connectivity index (χ1v) is 8.42. The molecule has 1 fully saturated rings. The van der Waals surface area contributed by atoms with Crippen LogP contribution in [-0.4, -0.2) is 67.8 Å². The fraction of sp³-hybridized carbons (Fsp3) is 0.533. The van der Waals surface area contributed by atoms with Crippen LogP contribution in [0, 0.1) is 0 Å². The molecule has 116 valence electrons. The van der Waals surface area contributed by atoms with Crippen LogP contribution < -0.4 is 11.1 Å². The van der Waals surface area contributed by atoms with E-state index in [0.29, 0.717) is 13.1 Å². The van der Waals surface area contributed by atoms with Gasteiger partial charge in [0.15, 0.2) is 0 Å². The van der Waals surface area contributed by atoms with Crippen LogP contribution in [0.15, 0.2) is 29.2 Å². The zero-order chi connectivity index (χ0) is 15.2. The number of carbonyl (C=O) groups excluding carboxylic acids is 1. The van der Waals surface area contributed by atoms with Crippen LogP contribution in [0.2, 0.25) is 0 Å². The molecule has 0 saturated carbocycles. The summed E-state index contributed by atoms with van der Waals surface area (Å²) in [6.07, 6.45) is 2.01. The number of rotatable bonds is 5. The number of likely N-dealkylation sites (N-methyl/N-ethyl adjacent to an activating group) is 1. The molecule has 1 aromatic carbocycles. The molecular formula is C15H24N4OS. The number of anilines is 1. The molecule has 1 aliphatic rings. The number of hydrogen-bond donors (Lipinski definition) is 2. The number of nitrogens with one attached hydrogen (secondary N) is 1. The van der Waals surface area contributed by atoms with Crippen molar-refractivity contribution in [2.24, 2.45) is 5.73 Å². The second-order valence-electron chi connectivity index (χ2n) is 5.37. The van der Waals surface area contributed by atoms with Crippen LogP contribution in [0.4, 0.5) is 5.69 Å². The Balaban J connectivity index is 1.95. The van der Waals surface area contributed by atoms with E-state index in [4.69, 9.17) is 5.73 Å². The van der Waals surface area contributed by atoms with Gasteiger partial charge >= 0.3 is 0 Å². The number of para-hydroxylation sites is 1. The standard InChI is InChI=1S/C15H24N4OS/c1-18-7-8-19(12(9-16)10-18)11-15(20)17-13-5-3-4-6-14(13)21-2/h3-6,12H,7-11,16H2,1-2H3,(H,17,20). The van der Waals surface area contributed by atoms with E-state index in [-0.39, 0.29) is 11.9 Å². The highest BCUT2D eigenvalue weighted by atomic mass is 32.2. The van der Waals surface area contributed by atoms with Gasteiger partial charge in [0.25, 0.3) is 0 Å². The lowest BCUT2D eigenvalue weighted by Crippen LogP contribution is -2.56. The molecule has 1 heterocycles. The molecule has 1 aromatic rings. The smallest absolute Gasteiger partial charge is 0.238 e. The summed E-state index contributed by atoms with van der Waals surface area (Å²) in [5, 5.41) is 3.01. The van der Waals surface area contributed by atoms with Crippen molar-refractivity contribution in [3.63, 3.8) is 0 Å². The predicted octanol–water partition coefficient (Wildman–Crippen LogP) is 0.922. The minimum atomic E-state index is 0.0273. The zero-order valence-corrected chi connectivity index (χ0v) is 13.5. The van der Waals surface area contributed by atoms with Crippen LogP contribution in [0.1, 0.15) is 0 Å². The third-order valence-electron chi connectivity index (χ3n) is 3.81. The first kappa shape index (κ1) is 16.3. The number of nitrogens with two attached hydrogens (primary N) is 1. The second kappa shape index (κ2) is 7.79. The molecule has 1 unspecified atom stereocenters. The lowest BCUT2D eigenvalue weighted by atomic mass is 10.1. The van der Waals surface area contributed by atoms with Gasteiger partial charge < -0.3 is 16.0 Å². The third-order valence-corrected chi connectivity index (χ3v) is 4.60. The molecule has 0 aliphatic carbocycles. The second-order valence-corrected chi connectivity index (χ2v) is 6.22. The normalized spacial score (nSPS) is 20.4. The van der Waals surface area contributed by atoms with Crippen molar-refractivity contribution in [1.29, 1.82) is 0 Å². The molecule has 5 nitrogen and oxygen atoms in total. The van der Waals surface area contributed by atoms with E-state index in [9.17, 15) is 4.79 Å². The van der Waals surface area contributed by atoms with Gasteiger partial charge in [-0.25, -0.2) is 0 Å². The average molecular weight is 308 g/mol. The topological polar surface area (TPSA) is 61.6 Å². The van der Waals surface area contributed by atoms with Crippen LogP contribution in [0.25, 0.3) is 0 Å². The van der Waals surface area contributed by atoms with Gasteiger partial charge in [-0.3, -0.25) is 9.69 Å². The summed E-state index contributed by atoms with van der Waals surface area (Å²) in [7, 11) is 2.09. The molecule has 0 radical (unpaired) electrons. The number of amides is 1. The van der Waals surface area contributed by atoms with Crippen molar-refractivity contribution < 1.29 is 4.79 Å². The molecule has 2 rings (SSSR count). The van der Waals surface area contributed by atoms with E-state index in [0.717, 1.165) is 30.2 Å². The summed E-state index contributed by atoms with van der Waals surface area (Å²) in [5.41, 5.74) is 6.71. The van der Waals surface area contributed by atoms with Gasteiger partial charge in [0, 0.05) is 37.1 Å². The summed E-state index contributed by atoms with van der Waals surface area (Å²) in [4.78, 5) is 17.8. The lowest BCUT2D eigenvalue weighted by Gasteiger charge is -2.39. The van der Waals surface area contributed by atoms with E-state index in [2.05, 4.69) is 22.2 Å². The Kier molecular flexibility index (Phi) is 6.05. The van der Waals surface area contributed by atoms with Gasteiger partial charge in [0.05, 0.1) is 12.2 Å².